The smallest absolute Gasteiger partial charge is 0.137 e. The number of hydrogen-bond acceptors (Lipinski definition) is 2. The standard InChI is InChI=1S/C50H33NO/c1-2-12-35(13-3-1)45-32-38-15-4-5-16-39(38)33-46(45)37-26-30-41(31-27-37)51(47-21-11-23-49-50(47)44-19-8-9-22-48(44)52-49)40-28-24-36(25-29-40)43-20-10-17-34-14-6-7-18-42(34)43/h1-33H. The SMILES string of the molecule is c1ccc(-c2cc3ccccc3cc2-c2ccc(N(c3ccc(-c4cccc5ccccc45)cc3)c3cccc4oc5ccccc5c34)cc2)cc1. The average molecular weight is 664 g/mol. The molecule has 2 nitrogen and oxygen atoms in total. The summed E-state index contributed by atoms with van der Waals surface area (Å²) in [6.45, 7) is 0. The van der Waals surface area contributed by atoms with Crippen LogP contribution >= 0.6 is 0 Å². The lowest BCUT2D eigenvalue weighted by molar-refractivity contribution is 0.669. The molecule has 0 fully saturated rings. The number of furan rings is 1. The summed E-state index contributed by atoms with van der Waals surface area (Å²) in [5.41, 5.74) is 12.2. The first-order chi connectivity index (χ1) is 25.8. The maximum atomic E-state index is 6.37. The van der Waals surface area contributed by atoms with E-state index in [9.17, 15) is 0 Å². The Bertz CT molecular complexity index is 2880. The number of para-hydroxylation sites is 1. The van der Waals surface area contributed by atoms with E-state index in [0.717, 1.165) is 39.0 Å². The van der Waals surface area contributed by atoms with E-state index in [1.54, 1.807) is 0 Å². The van der Waals surface area contributed by atoms with Crippen LogP contribution in [0.5, 0.6) is 0 Å². The van der Waals surface area contributed by atoms with E-state index in [4.69, 9.17) is 4.42 Å². The fourth-order valence-electron chi connectivity index (χ4n) is 7.76. The molecule has 0 saturated carbocycles. The zero-order valence-corrected chi connectivity index (χ0v) is 28.4. The second kappa shape index (κ2) is 12.5. The molecule has 0 amide bonds. The van der Waals surface area contributed by atoms with Crippen LogP contribution in [0.4, 0.5) is 17.1 Å². The van der Waals surface area contributed by atoms with Crippen LogP contribution in [0.25, 0.3) is 76.9 Å². The Hall–Kier alpha value is -6.90. The van der Waals surface area contributed by atoms with Crippen LogP contribution in [0.2, 0.25) is 0 Å². The van der Waals surface area contributed by atoms with Gasteiger partial charge in [0.2, 0.25) is 0 Å². The van der Waals surface area contributed by atoms with Crippen LogP contribution in [0.1, 0.15) is 0 Å². The molecule has 0 N–H and O–H groups in total. The highest BCUT2D eigenvalue weighted by atomic mass is 16.3. The molecule has 0 spiro atoms. The van der Waals surface area contributed by atoms with Gasteiger partial charge in [0, 0.05) is 16.8 Å². The molecule has 244 valence electrons. The van der Waals surface area contributed by atoms with Gasteiger partial charge in [0.1, 0.15) is 11.2 Å². The minimum atomic E-state index is 0.872. The number of fused-ring (bicyclic) bond motifs is 5. The Morgan fingerprint density at radius 1 is 0.327 bits per heavy atom. The molecule has 0 atom stereocenters. The van der Waals surface area contributed by atoms with Crippen molar-refractivity contribution in [3.05, 3.63) is 200 Å². The Morgan fingerprint density at radius 3 is 1.52 bits per heavy atom. The van der Waals surface area contributed by atoms with Gasteiger partial charge in [-0.15, -0.1) is 0 Å². The topological polar surface area (TPSA) is 16.4 Å². The van der Waals surface area contributed by atoms with Crippen molar-refractivity contribution in [3.63, 3.8) is 0 Å². The molecule has 1 heterocycles. The maximum Gasteiger partial charge on any atom is 0.137 e. The molecule has 52 heavy (non-hydrogen) atoms. The molecule has 2 heteroatoms. The molecule has 0 radical (unpaired) electrons. The van der Waals surface area contributed by atoms with Crippen molar-refractivity contribution in [3.8, 4) is 33.4 Å². The summed E-state index contributed by atoms with van der Waals surface area (Å²) in [5.74, 6) is 0. The number of nitrogens with zero attached hydrogens (tertiary/aromatic N) is 1. The number of hydrogen-bond donors (Lipinski definition) is 0. The van der Waals surface area contributed by atoms with Gasteiger partial charge in [-0.2, -0.15) is 0 Å². The van der Waals surface area contributed by atoms with E-state index in [1.165, 1.54) is 54.9 Å². The monoisotopic (exact) mass is 663 g/mol. The molecule has 1 aromatic heterocycles. The van der Waals surface area contributed by atoms with Crippen molar-refractivity contribution >= 4 is 60.5 Å². The van der Waals surface area contributed by atoms with Crippen molar-refractivity contribution < 1.29 is 4.42 Å². The van der Waals surface area contributed by atoms with Crippen LogP contribution in [0.15, 0.2) is 205 Å². The third-order valence-electron chi connectivity index (χ3n) is 10.3. The Labute approximate surface area is 302 Å². The van der Waals surface area contributed by atoms with Crippen LogP contribution in [-0.2, 0) is 0 Å². The molecule has 9 aromatic carbocycles. The first-order valence-corrected chi connectivity index (χ1v) is 17.8. The third kappa shape index (κ3) is 5.12. The number of rotatable bonds is 6. The van der Waals surface area contributed by atoms with Gasteiger partial charge in [-0.05, 0) is 110 Å². The summed E-state index contributed by atoms with van der Waals surface area (Å²) in [4.78, 5) is 2.36. The van der Waals surface area contributed by atoms with Gasteiger partial charge in [0.25, 0.3) is 0 Å². The van der Waals surface area contributed by atoms with Gasteiger partial charge in [-0.3, -0.25) is 0 Å². The van der Waals surface area contributed by atoms with Crippen LogP contribution in [0, 0.1) is 0 Å². The van der Waals surface area contributed by atoms with Crippen molar-refractivity contribution in [2.45, 2.75) is 0 Å². The average Bonchev–Trinajstić information content (AvgIpc) is 3.61. The van der Waals surface area contributed by atoms with E-state index >= 15 is 0 Å². The highest BCUT2D eigenvalue weighted by Gasteiger charge is 2.20. The zero-order valence-electron chi connectivity index (χ0n) is 28.4. The lowest BCUT2D eigenvalue weighted by Crippen LogP contribution is -2.10. The Kier molecular flexibility index (Phi) is 7.18. The molecular formula is C50H33NO. The molecular weight excluding hydrogens is 631 g/mol. The number of benzene rings is 9. The van der Waals surface area contributed by atoms with Crippen molar-refractivity contribution in [1.29, 1.82) is 0 Å². The molecule has 0 unspecified atom stereocenters. The first kappa shape index (κ1) is 30.0. The fraction of sp³-hybridized carbons (Fsp3) is 0. The minimum Gasteiger partial charge on any atom is -0.456 e. The Balaban J connectivity index is 1.13. The third-order valence-corrected chi connectivity index (χ3v) is 10.3. The van der Waals surface area contributed by atoms with E-state index in [1.807, 2.05) is 12.1 Å². The molecule has 0 aliphatic carbocycles. The predicted molar refractivity (Wildman–Crippen MR) is 220 cm³/mol. The van der Waals surface area contributed by atoms with E-state index in [-0.39, 0.29) is 0 Å². The van der Waals surface area contributed by atoms with E-state index in [2.05, 4.69) is 193 Å². The van der Waals surface area contributed by atoms with Gasteiger partial charge in [0.05, 0.1) is 11.1 Å². The first-order valence-electron chi connectivity index (χ1n) is 17.8. The minimum absolute atomic E-state index is 0.872. The lowest BCUT2D eigenvalue weighted by atomic mass is 9.91. The predicted octanol–water partition coefficient (Wildman–Crippen LogP) is 14.4. The molecule has 0 bridgehead atoms. The van der Waals surface area contributed by atoms with Gasteiger partial charge in [0.15, 0.2) is 0 Å². The quantitative estimate of drug-likeness (QED) is 0.176. The highest BCUT2D eigenvalue weighted by Crippen LogP contribution is 2.44. The summed E-state index contributed by atoms with van der Waals surface area (Å²) in [6.07, 6.45) is 0. The van der Waals surface area contributed by atoms with Crippen molar-refractivity contribution in [1.82, 2.24) is 0 Å². The maximum absolute atomic E-state index is 6.37. The van der Waals surface area contributed by atoms with E-state index < -0.39 is 0 Å². The second-order valence-electron chi connectivity index (χ2n) is 13.3. The van der Waals surface area contributed by atoms with Crippen molar-refractivity contribution in [2.75, 3.05) is 4.90 Å². The summed E-state index contributed by atoms with van der Waals surface area (Å²) < 4.78 is 6.37. The molecule has 10 rings (SSSR count). The lowest BCUT2D eigenvalue weighted by Gasteiger charge is -2.27. The summed E-state index contributed by atoms with van der Waals surface area (Å²) in [6, 6.07) is 71.7. The van der Waals surface area contributed by atoms with Gasteiger partial charge in [-0.25, -0.2) is 0 Å². The van der Waals surface area contributed by atoms with Gasteiger partial charge in [-0.1, -0.05) is 146 Å². The van der Waals surface area contributed by atoms with Gasteiger partial charge < -0.3 is 9.32 Å². The van der Waals surface area contributed by atoms with Gasteiger partial charge >= 0.3 is 0 Å². The molecule has 0 saturated heterocycles. The van der Waals surface area contributed by atoms with Crippen LogP contribution < -0.4 is 4.90 Å². The molecule has 10 aromatic rings. The normalized spacial score (nSPS) is 11.5. The van der Waals surface area contributed by atoms with E-state index in [0.29, 0.717) is 0 Å². The Morgan fingerprint density at radius 2 is 0.827 bits per heavy atom. The highest BCUT2D eigenvalue weighted by molar-refractivity contribution is 6.13. The summed E-state index contributed by atoms with van der Waals surface area (Å²) in [7, 11) is 0. The number of anilines is 3. The summed E-state index contributed by atoms with van der Waals surface area (Å²) in [5, 5.41) is 7.16. The second-order valence-corrected chi connectivity index (χ2v) is 13.3. The van der Waals surface area contributed by atoms with Crippen LogP contribution in [-0.4, -0.2) is 0 Å². The molecule has 0 aliphatic rings. The van der Waals surface area contributed by atoms with Crippen LogP contribution in [0.3, 0.4) is 0 Å². The largest absolute Gasteiger partial charge is 0.456 e. The summed E-state index contributed by atoms with van der Waals surface area (Å²) >= 11 is 0. The molecule has 0 aliphatic heterocycles. The van der Waals surface area contributed by atoms with Crippen molar-refractivity contribution in [2.24, 2.45) is 0 Å². The zero-order chi connectivity index (χ0) is 34.4. The fourth-order valence-corrected chi connectivity index (χ4v) is 7.76.